The molecule has 0 aliphatic carbocycles. The number of carbonyl (C=O) groups is 2. The van der Waals surface area contributed by atoms with Crippen LogP contribution in [0.1, 0.15) is 27.7 Å². The molecule has 0 atom stereocenters. The van der Waals surface area contributed by atoms with E-state index in [4.69, 9.17) is 11.5 Å². The average Bonchev–Trinajstić information content (AvgIpc) is 2.37. The van der Waals surface area contributed by atoms with Crippen molar-refractivity contribution in [2.24, 2.45) is 22.3 Å². The van der Waals surface area contributed by atoms with Crippen LogP contribution in [0.15, 0.2) is 48.6 Å². The highest BCUT2D eigenvalue weighted by atomic mass is 16.2. The second-order valence-corrected chi connectivity index (χ2v) is 4.47. The van der Waals surface area contributed by atoms with E-state index in [9.17, 15) is 9.59 Å². The summed E-state index contributed by atoms with van der Waals surface area (Å²) < 4.78 is 0. The zero-order chi connectivity index (χ0) is 15.8. The zero-order valence-electron chi connectivity index (χ0n) is 12.6. The molecule has 0 aliphatic rings. The van der Waals surface area contributed by atoms with Crippen molar-refractivity contribution in [3.63, 3.8) is 0 Å². The fraction of sp³-hybridized carbons (Fsp3) is 0.375. The van der Waals surface area contributed by atoms with Crippen molar-refractivity contribution in [2.45, 2.75) is 27.7 Å². The first-order chi connectivity index (χ1) is 9.38. The maximum absolute atomic E-state index is 12.1. The molecule has 0 fully saturated rings. The van der Waals surface area contributed by atoms with Gasteiger partial charge in [0.25, 0.3) is 0 Å². The van der Waals surface area contributed by atoms with Crippen LogP contribution in [0, 0.1) is 10.8 Å². The molecular weight excluding hydrogens is 252 g/mol. The van der Waals surface area contributed by atoms with Gasteiger partial charge < -0.3 is 11.5 Å². The van der Waals surface area contributed by atoms with Crippen LogP contribution in [0.25, 0.3) is 0 Å². The van der Waals surface area contributed by atoms with Gasteiger partial charge in [0, 0.05) is 0 Å². The average molecular weight is 276 g/mol. The summed E-state index contributed by atoms with van der Waals surface area (Å²) in [6.07, 6.45) is 13.2. The molecule has 0 rings (SSSR count). The first kappa shape index (κ1) is 17.9. The van der Waals surface area contributed by atoms with E-state index in [0.717, 1.165) is 0 Å². The summed E-state index contributed by atoms with van der Waals surface area (Å²) in [5, 5.41) is 0. The largest absolute Gasteiger partial charge is 0.369 e. The molecule has 0 unspecified atom stereocenters. The molecule has 110 valence electrons. The fourth-order valence-electron chi connectivity index (χ4n) is 2.45. The highest BCUT2D eigenvalue weighted by Crippen LogP contribution is 2.45. The Labute approximate surface area is 120 Å². The predicted octanol–water partition coefficient (Wildman–Crippen LogP) is 2.23. The number of rotatable bonds is 7. The second-order valence-electron chi connectivity index (χ2n) is 4.47. The number of allylic oxidation sites excluding steroid dienone is 4. The third-order valence-electron chi connectivity index (χ3n) is 3.22. The second kappa shape index (κ2) is 7.48. The Morgan fingerprint density at radius 2 is 0.850 bits per heavy atom. The minimum absolute atomic E-state index is 0.635. The van der Waals surface area contributed by atoms with Crippen molar-refractivity contribution < 1.29 is 9.59 Å². The van der Waals surface area contributed by atoms with Crippen LogP contribution in [0.5, 0.6) is 0 Å². The molecule has 20 heavy (non-hydrogen) atoms. The molecule has 0 aromatic carbocycles. The summed E-state index contributed by atoms with van der Waals surface area (Å²) in [7, 11) is 0. The Morgan fingerprint density at radius 3 is 0.950 bits per heavy atom. The lowest BCUT2D eigenvalue weighted by Gasteiger charge is -2.39. The van der Waals surface area contributed by atoms with Crippen molar-refractivity contribution in [1.29, 1.82) is 0 Å². The molecule has 0 aliphatic heterocycles. The van der Waals surface area contributed by atoms with Gasteiger partial charge >= 0.3 is 0 Å². The summed E-state index contributed by atoms with van der Waals surface area (Å²) in [6.45, 7) is 7.05. The molecule has 0 heterocycles. The highest BCUT2D eigenvalue weighted by Gasteiger charge is 2.53. The summed E-state index contributed by atoms with van der Waals surface area (Å²) in [4.78, 5) is 24.3. The summed E-state index contributed by atoms with van der Waals surface area (Å²) in [5.74, 6) is -1.27. The normalized spacial score (nSPS) is 18.8. The van der Waals surface area contributed by atoms with E-state index < -0.39 is 22.6 Å². The summed E-state index contributed by atoms with van der Waals surface area (Å²) in [6, 6.07) is 0. The molecular formula is C16H24N2O2. The van der Waals surface area contributed by atoms with Gasteiger partial charge in [-0.15, -0.1) is 0 Å². The van der Waals surface area contributed by atoms with Crippen molar-refractivity contribution in [2.75, 3.05) is 0 Å². The van der Waals surface area contributed by atoms with Crippen molar-refractivity contribution >= 4 is 11.8 Å². The first-order valence-electron chi connectivity index (χ1n) is 6.53. The Bertz CT molecular complexity index is 403. The van der Waals surface area contributed by atoms with Crippen LogP contribution in [-0.4, -0.2) is 11.8 Å². The lowest BCUT2D eigenvalue weighted by molar-refractivity contribution is -0.135. The van der Waals surface area contributed by atoms with Gasteiger partial charge in [-0.2, -0.15) is 0 Å². The van der Waals surface area contributed by atoms with Crippen LogP contribution in [0.3, 0.4) is 0 Å². The van der Waals surface area contributed by atoms with Crippen LogP contribution in [0.4, 0.5) is 0 Å². The van der Waals surface area contributed by atoms with E-state index in [1.165, 1.54) is 0 Å². The minimum Gasteiger partial charge on any atom is -0.369 e. The third-order valence-corrected chi connectivity index (χ3v) is 3.22. The van der Waals surface area contributed by atoms with Crippen LogP contribution >= 0.6 is 0 Å². The quantitative estimate of drug-likeness (QED) is 0.699. The van der Waals surface area contributed by atoms with Gasteiger partial charge in [-0.25, -0.2) is 0 Å². The Balaban J connectivity index is 6.71. The molecule has 0 radical (unpaired) electrons. The lowest BCUT2D eigenvalue weighted by atomic mass is 9.61. The molecule has 4 N–H and O–H groups in total. The van der Waals surface area contributed by atoms with Crippen molar-refractivity contribution in [3.05, 3.63) is 48.6 Å². The van der Waals surface area contributed by atoms with E-state index in [2.05, 4.69) is 0 Å². The number of carbonyl (C=O) groups excluding carboxylic acids is 2. The molecule has 0 aromatic rings. The molecule has 0 spiro atoms. The van der Waals surface area contributed by atoms with E-state index in [-0.39, 0.29) is 0 Å². The number of amides is 2. The number of hydrogen-bond donors (Lipinski definition) is 2. The van der Waals surface area contributed by atoms with E-state index >= 15 is 0 Å². The standard InChI is InChI=1S/C16H24N2O2/c1-5-9-15(10-6-2,13(17)19)16(11-7-3,12-8-4)14(18)20/h5-12H,1-4H3,(H2,17,19)(H2,18,20). The fourth-order valence-corrected chi connectivity index (χ4v) is 2.45. The molecule has 4 nitrogen and oxygen atoms in total. The Morgan fingerprint density at radius 1 is 0.650 bits per heavy atom. The molecule has 0 bridgehead atoms. The van der Waals surface area contributed by atoms with Gasteiger partial charge in [0.15, 0.2) is 0 Å². The Hall–Kier alpha value is -2.10. The van der Waals surface area contributed by atoms with Crippen molar-refractivity contribution in [1.82, 2.24) is 0 Å². The topological polar surface area (TPSA) is 86.2 Å². The zero-order valence-corrected chi connectivity index (χ0v) is 12.6. The number of nitrogens with two attached hydrogens (primary N) is 2. The van der Waals surface area contributed by atoms with E-state index in [1.807, 2.05) is 0 Å². The van der Waals surface area contributed by atoms with Crippen LogP contribution in [0.2, 0.25) is 0 Å². The van der Waals surface area contributed by atoms with Gasteiger partial charge in [0.2, 0.25) is 11.8 Å². The maximum atomic E-state index is 12.1. The molecule has 0 saturated heterocycles. The molecule has 0 aromatic heterocycles. The van der Waals surface area contributed by atoms with Gasteiger partial charge in [-0.05, 0) is 27.7 Å². The maximum Gasteiger partial charge on any atom is 0.233 e. The van der Waals surface area contributed by atoms with Crippen LogP contribution < -0.4 is 11.5 Å². The molecule has 0 saturated carbocycles. The third kappa shape index (κ3) is 2.90. The number of hydrogen-bond acceptors (Lipinski definition) is 2. The van der Waals surface area contributed by atoms with E-state index in [1.54, 1.807) is 76.3 Å². The van der Waals surface area contributed by atoms with Crippen molar-refractivity contribution in [3.8, 4) is 0 Å². The summed E-state index contributed by atoms with van der Waals surface area (Å²) >= 11 is 0. The smallest absolute Gasteiger partial charge is 0.233 e. The van der Waals surface area contributed by atoms with E-state index in [0.29, 0.717) is 0 Å². The molecule has 2 amide bonds. The van der Waals surface area contributed by atoms with Gasteiger partial charge in [0.05, 0.1) is 0 Å². The lowest BCUT2D eigenvalue weighted by Crippen LogP contribution is -2.53. The number of primary amides is 2. The highest BCUT2D eigenvalue weighted by molar-refractivity contribution is 5.98. The van der Waals surface area contributed by atoms with Crippen LogP contribution in [-0.2, 0) is 9.59 Å². The van der Waals surface area contributed by atoms with Gasteiger partial charge in [0.1, 0.15) is 10.8 Å². The summed E-state index contributed by atoms with van der Waals surface area (Å²) in [5.41, 5.74) is 8.56. The van der Waals surface area contributed by atoms with Gasteiger partial charge in [-0.1, -0.05) is 48.6 Å². The first-order valence-corrected chi connectivity index (χ1v) is 6.53. The predicted molar refractivity (Wildman–Crippen MR) is 82.5 cm³/mol. The Kier molecular flexibility index (Phi) is 6.69. The molecule has 4 heteroatoms. The SMILES string of the molecule is CC=CC(C=CC)(C(N)=O)C(C=CC)(C=CC)C(N)=O. The monoisotopic (exact) mass is 276 g/mol. The van der Waals surface area contributed by atoms with Gasteiger partial charge in [-0.3, -0.25) is 9.59 Å². The minimum atomic E-state index is -1.33.